The third-order valence-corrected chi connectivity index (χ3v) is 13.0. The third kappa shape index (κ3) is 12.4. The van der Waals surface area contributed by atoms with Crippen molar-refractivity contribution in [3.8, 4) is 23.7 Å². The number of hydrogen-bond acceptors (Lipinski definition) is 0. The molecule has 0 nitrogen and oxygen atoms in total. The van der Waals surface area contributed by atoms with Crippen molar-refractivity contribution in [2.45, 2.75) is 149 Å². The zero-order valence-corrected chi connectivity index (χ0v) is 31.4. The van der Waals surface area contributed by atoms with E-state index in [1.807, 2.05) is 0 Å². The highest BCUT2D eigenvalue weighted by atomic mass is 19.2. The van der Waals surface area contributed by atoms with Crippen LogP contribution in [-0.4, -0.2) is 0 Å². The topological polar surface area (TPSA) is 0 Å². The lowest BCUT2D eigenvalue weighted by Crippen LogP contribution is -2.25. The molecule has 4 heteroatoms. The normalized spacial score (nSPS) is 29.4. The predicted molar refractivity (Wildman–Crippen MR) is 203 cm³/mol. The van der Waals surface area contributed by atoms with Crippen LogP contribution >= 0.6 is 0 Å². The Kier molecular flexibility index (Phi) is 15.9. The molecule has 4 saturated carbocycles. The summed E-state index contributed by atoms with van der Waals surface area (Å²) >= 11 is 0. The second-order valence-corrected chi connectivity index (χ2v) is 16.5. The van der Waals surface area contributed by atoms with Crippen LogP contribution in [0.2, 0.25) is 0 Å². The molecule has 0 heterocycles. The third-order valence-electron chi connectivity index (χ3n) is 13.0. The Balaban J connectivity index is 0.000000198. The van der Waals surface area contributed by atoms with E-state index in [4.69, 9.17) is 0 Å². The Morgan fingerprint density at radius 1 is 0.451 bits per heavy atom. The Bertz CT molecular complexity index is 1460. The monoisotopic (exact) mass is 702 g/mol. The SMILES string of the molecule is CCCC1CCC(C2CCC(C#Cc3ccc(F)c(F)c3)CC2)CC1.CCCCC1CCC(C2CCC(C#Cc3ccc(F)c(F)c3)CC2)CC1. The maximum absolute atomic E-state index is 13.3. The van der Waals surface area contributed by atoms with Gasteiger partial charge in [0, 0.05) is 23.0 Å². The number of rotatable bonds is 7. The maximum Gasteiger partial charge on any atom is 0.160 e. The predicted octanol–water partition coefficient (Wildman–Crippen LogP) is 13.8. The van der Waals surface area contributed by atoms with Crippen LogP contribution in [0.3, 0.4) is 0 Å². The molecule has 2 aromatic rings. The zero-order valence-electron chi connectivity index (χ0n) is 31.4. The van der Waals surface area contributed by atoms with Crippen LogP contribution in [0.4, 0.5) is 17.6 Å². The van der Waals surface area contributed by atoms with Crippen molar-refractivity contribution in [1.29, 1.82) is 0 Å². The quantitative estimate of drug-likeness (QED) is 0.199. The smallest absolute Gasteiger partial charge is 0.160 e. The highest BCUT2D eigenvalue weighted by Crippen LogP contribution is 2.43. The molecular formula is C47H62F4. The molecule has 0 unspecified atom stereocenters. The van der Waals surface area contributed by atoms with E-state index in [1.54, 1.807) is 12.1 Å². The summed E-state index contributed by atoms with van der Waals surface area (Å²) in [6.07, 6.45) is 28.2. The van der Waals surface area contributed by atoms with E-state index in [2.05, 4.69) is 37.5 Å². The fourth-order valence-corrected chi connectivity index (χ4v) is 9.79. The van der Waals surface area contributed by atoms with Gasteiger partial charge in [-0.1, -0.05) is 95.3 Å². The summed E-state index contributed by atoms with van der Waals surface area (Å²) in [5.74, 6) is 15.9. The van der Waals surface area contributed by atoms with Crippen molar-refractivity contribution in [3.63, 3.8) is 0 Å². The van der Waals surface area contributed by atoms with Crippen LogP contribution in [0.5, 0.6) is 0 Å². The number of halogens is 4. The number of unbranched alkanes of at least 4 members (excludes halogenated alkanes) is 1. The Morgan fingerprint density at radius 3 is 1.18 bits per heavy atom. The maximum atomic E-state index is 13.3. The Hall–Kier alpha value is -2.72. The highest BCUT2D eigenvalue weighted by Gasteiger charge is 2.31. The lowest BCUT2D eigenvalue weighted by atomic mass is 9.69. The van der Waals surface area contributed by atoms with Crippen LogP contribution in [-0.2, 0) is 0 Å². The van der Waals surface area contributed by atoms with Gasteiger partial charge >= 0.3 is 0 Å². The average Bonchev–Trinajstić information content (AvgIpc) is 3.16. The summed E-state index contributed by atoms with van der Waals surface area (Å²) in [6.45, 7) is 4.59. The van der Waals surface area contributed by atoms with E-state index < -0.39 is 23.3 Å². The van der Waals surface area contributed by atoms with Gasteiger partial charge in [-0.15, -0.1) is 0 Å². The standard InChI is InChI=1S/C24H32F2.C23H30F2/c1-2-3-4-18-7-12-21(13-8-18)22-14-9-19(10-15-22)5-6-20-11-16-23(25)24(26)17-20;1-2-3-17-6-11-20(12-7-17)21-13-8-18(9-14-21)4-5-19-10-15-22(24)23(25)16-19/h11,16-19,21-22H,2-4,7-10,12-15H2,1H3;10,15-18,20-21H,2-3,6-9,11-14H2,1H3. The first-order valence-corrected chi connectivity index (χ1v) is 20.7. The van der Waals surface area contributed by atoms with Gasteiger partial charge in [-0.05, 0) is 149 Å². The average molecular weight is 703 g/mol. The zero-order chi connectivity index (χ0) is 36.0. The van der Waals surface area contributed by atoms with Crippen molar-refractivity contribution < 1.29 is 17.6 Å². The molecule has 0 spiro atoms. The van der Waals surface area contributed by atoms with Crippen LogP contribution in [0.15, 0.2) is 36.4 Å². The molecule has 4 aliphatic carbocycles. The molecule has 4 fully saturated rings. The summed E-state index contributed by atoms with van der Waals surface area (Å²) < 4.78 is 52.4. The molecule has 0 N–H and O–H groups in total. The van der Waals surface area contributed by atoms with Crippen molar-refractivity contribution in [2.24, 2.45) is 47.3 Å². The minimum Gasteiger partial charge on any atom is -0.204 e. The lowest BCUT2D eigenvalue weighted by Gasteiger charge is -2.37. The van der Waals surface area contributed by atoms with Gasteiger partial charge < -0.3 is 0 Å². The lowest BCUT2D eigenvalue weighted by molar-refractivity contribution is 0.153. The molecule has 2 aromatic carbocycles. The molecule has 0 aromatic heterocycles. The molecule has 51 heavy (non-hydrogen) atoms. The first-order chi connectivity index (χ1) is 24.8. The minimum absolute atomic E-state index is 0.417. The largest absolute Gasteiger partial charge is 0.204 e. The number of hydrogen-bond donors (Lipinski definition) is 0. The van der Waals surface area contributed by atoms with Gasteiger partial charge in [0.1, 0.15) is 0 Å². The van der Waals surface area contributed by atoms with E-state index in [0.717, 1.165) is 73.3 Å². The van der Waals surface area contributed by atoms with Gasteiger partial charge in [0.15, 0.2) is 23.3 Å². The first-order valence-electron chi connectivity index (χ1n) is 20.7. The van der Waals surface area contributed by atoms with Crippen molar-refractivity contribution >= 4 is 0 Å². The van der Waals surface area contributed by atoms with Crippen molar-refractivity contribution in [1.82, 2.24) is 0 Å². The summed E-state index contributed by atoms with van der Waals surface area (Å²) in [5, 5.41) is 0. The summed E-state index contributed by atoms with van der Waals surface area (Å²) in [6, 6.07) is 7.84. The van der Waals surface area contributed by atoms with Crippen molar-refractivity contribution in [3.05, 3.63) is 70.8 Å². The summed E-state index contributed by atoms with van der Waals surface area (Å²) in [5.41, 5.74) is 1.16. The fourth-order valence-electron chi connectivity index (χ4n) is 9.79. The van der Waals surface area contributed by atoms with Crippen LogP contribution in [0.25, 0.3) is 0 Å². The molecule has 0 amide bonds. The summed E-state index contributed by atoms with van der Waals surface area (Å²) in [7, 11) is 0. The van der Waals surface area contributed by atoms with Gasteiger partial charge in [0.05, 0.1) is 0 Å². The van der Waals surface area contributed by atoms with Gasteiger partial charge in [-0.3, -0.25) is 0 Å². The minimum atomic E-state index is -0.811. The Morgan fingerprint density at radius 2 is 0.824 bits per heavy atom. The molecule has 4 aliphatic rings. The van der Waals surface area contributed by atoms with Gasteiger partial charge in [0.25, 0.3) is 0 Å². The molecule has 278 valence electrons. The first kappa shape index (κ1) is 39.5. The molecular weight excluding hydrogens is 641 g/mol. The van der Waals surface area contributed by atoms with Crippen LogP contribution in [0.1, 0.15) is 160 Å². The van der Waals surface area contributed by atoms with Gasteiger partial charge in [0.2, 0.25) is 0 Å². The van der Waals surface area contributed by atoms with E-state index in [9.17, 15) is 17.6 Å². The Labute approximate surface area is 307 Å². The summed E-state index contributed by atoms with van der Waals surface area (Å²) in [4.78, 5) is 0. The highest BCUT2D eigenvalue weighted by molar-refractivity contribution is 5.36. The van der Waals surface area contributed by atoms with E-state index in [1.165, 1.54) is 121 Å². The molecule has 6 rings (SSSR count). The van der Waals surface area contributed by atoms with Crippen molar-refractivity contribution in [2.75, 3.05) is 0 Å². The molecule has 0 saturated heterocycles. The fraction of sp³-hybridized carbons (Fsp3) is 0.660. The molecule has 0 radical (unpaired) electrons. The molecule has 0 aliphatic heterocycles. The van der Waals surface area contributed by atoms with Crippen LogP contribution < -0.4 is 0 Å². The second kappa shape index (κ2) is 20.5. The van der Waals surface area contributed by atoms with E-state index in [0.29, 0.717) is 23.0 Å². The van der Waals surface area contributed by atoms with Crippen LogP contribution in [0, 0.1) is 94.3 Å². The van der Waals surface area contributed by atoms with Gasteiger partial charge in [-0.25, -0.2) is 17.6 Å². The van der Waals surface area contributed by atoms with E-state index >= 15 is 0 Å². The van der Waals surface area contributed by atoms with Gasteiger partial charge in [-0.2, -0.15) is 0 Å². The second-order valence-electron chi connectivity index (χ2n) is 16.5. The number of benzene rings is 2. The van der Waals surface area contributed by atoms with E-state index in [-0.39, 0.29) is 0 Å². The molecule has 0 atom stereocenters. The molecule has 0 bridgehead atoms.